The highest BCUT2D eigenvalue weighted by Gasteiger charge is 2.26. The molecular formula is C16H24N4O3S. The van der Waals surface area contributed by atoms with E-state index in [0.717, 1.165) is 27.8 Å². The molecule has 0 bridgehead atoms. The second kappa shape index (κ2) is 8.34. The molecule has 2 heterocycles. The van der Waals surface area contributed by atoms with Crippen LogP contribution in [0.5, 0.6) is 0 Å². The number of aromatic amines is 1. The number of aliphatic imine (C=N–C) groups is 1. The fourth-order valence-electron chi connectivity index (χ4n) is 2.59. The van der Waals surface area contributed by atoms with E-state index >= 15 is 0 Å². The van der Waals surface area contributed by atoms with E-state index < -0.39 is 0 Å². The van der Waals surface area contributed by atoms with Gasteiger partial charge in [0.2, 0.25) is 0 Å². The van der Waals surface area contributed by atoms with E-state index in [9.17, 15) is 4.79 Å². The summed E-state index contributed by atoms with van der Waals surface area (Å²) in [6.07, 6.45) is 0. The van der Waals surface area contributed by atoms with Crippen molar-refractivity contribution in [3.8, 4) is 0 Å². The van der Waals surface area contributed by atoms with Crippen LogP contribution in [0, 0.1) is 13.8 Å². The highest BCUT2D eigenvalue weighted by Crippen LogP contribution is 2.24. The smallest absolute Gasteiger partial charge is 0.340 e. The van der Waals surface area contributed by atoms with Crippen LogP contribution in [0.2, 0.25) is 0 Å². The van der Waals surface area contributed by atoms with Gasteiger partial charge in [0.25, 0.3) is 0 Å². The van der Waals surface area contributed by atoms with Crippen molar-refractivity contribution in [2.75, 3.05) is 26.1 Å². The van der Waals surface area contributed by atoms with Crippen molar-refractivity contribution in [3.63, 3.8) is 0 Å². The predicted molar refractivity (Wildman–Crippen MR) is 97.1 cm³/mol. The summed E-state index contributed by atoms with van der Waals surface area (Å²) in [5.41, 5.74) is 6.85. The van der Waals surface area contributed by atoms with Crippen LogP contribution in [0.15, 0.2) is 10.1 Å². The molecule has 1 aliphatic rings. The summed E-state index contributed by atoms with van der Waals surface area (Å²) < 4.78 is 10.3. The van der Waals surface area contributed by atoms with Gasteiger partial charge >= 0.3 is 5.97 Å². The van der Waals surface area contributed by atoms with Crippen LogP contribution in [0.4, 0.5) is 0 Å². The van der Waals surface area contributed by atoms with Crippen molar-refractivity contribution in [2.45, 2.75) is 33.7 Å². The maximum absolute atomic E-state index is 12.3. The van der Waals surface area contributed by atoms with Crippen molar-refractivity contribution >= 4 is 28.6 Å². The van der Waals surface area contributed by atoms with Gasteiger partial charge in [-0.15, -0.1) is 0 Å². The SMILES string of the molecule is CCOC(=O)c1c(C)[nH]c(C)c1C1=NNC(=N[C@@H](C)COC)SC1. The molecule has 1 atom stereocenters. The number of thioether (sulfide) groups is 1. The van der Waals surface area contributed by atoms with Gasteiger partial charge < -0.3 is 14.5 Å². The van der Waals surface area contributed by atoms with Crippen molar-refractivity contribution in [3.05, 3.63) is 22.5 Å². The molecule has 0 fully saturated rings. The van der Waals surface area contributed by atoms with Gasteiger partial charge in [-0.25, -0.2) is 4.79 Å². The van der Waals surface area contributed by atoms with Crippen LogP contribution in [0.1, 0.15) is 41.2 Å². The molecule has 2 rings (SSSR count). The Morgan fingerprint density at radius 2 is 2.17 bits per heavy atom. The Morgan fingerprint density at radius 3 is 2.75 bits per heavy atom. The van der Waals surface area contributed by atoms with Gasteiger partial charge in [0.1, 0.15) is 0 Å². The topological polar surface area (TPSA) is 88.1 Å². The molecule has 0 aliphatic carbocycles. The normalized spacial score (nSPS) is 17.4. The number of nitrogens with one attached hydrogen (secondary N) is 2. The minimum absolute atomic E-state index is 0.0630. The first kappa shape index (κ1) is 18.5. The number of carbonyl (C=O) groups is 1. The molecule has 7 nitrogen and oxygen atoms in total. The molecular weight excluding hydrogens is 328 g/mol. The van der Waals surface area contributed by atoms with Gasteiger partial charge in [-0.3, -0.25) is 10.4 Å². The maximum atomic E-state index is 12.3. The van der Waals surface area contributed by atoms with Gasteiger partial charge in [-0.05, 0) is 27.7 Å². The number of methoxy groups -OCH3 is 1. The number of carbonyl (C=O) groups excluding carboxylic acids is 1. The average Bonchev–Trinajstić information content (AvgIpc) is 2.83. The summed E-state index contributed by atoms with van der Waals surface area (Å²) in [6.45, 7) is 8.48. The second-order valence-electron chi connectivity index (χ2n) is 5.54. The zero-order chi connectivity index (χ0) is 17.7. The van der Waals surface area contributed by atoms with Crippen LogP contribution < -0.4 is 5.43 Å². The highest BCUT2D eigenvalue weighted by atomic mass is 32.2. The molecule has 1 aliphatic heterocycles. The van der Waals surface area contributed by atoms with Crippen molar-refractivity contribution in [2.24, 2.45) is 10.1 Å². The van der Waals surface area contributed by atoms with E-state index in [0.29, 0.717) is 24.5 Å². The first-order valence-electron chi connectivity index (χ1n) is 7.86. The molecule has 0 amide bonds. The Hall–Kier alpha value is -1.80. The standard InChI is InChI=1S/C16H24N4O3S/c1-6-23-15(21)14-11(4)18-10(3)13(14)12-8-24-16(20-19-12)17-9(2)7-22-5/h9,18H,6-8H2,1-5H3,(H,17,20)/t9-/m0/s1. The summed E-state index contributed by atoms with van der Waals surface area (Å²) in [6, 6.07) is 0.0630. The lowest BCUT2D eigenvalue weighted by Crippen LogP contribution is -2.28. The number of hydrogen-bond acceptors (Lipinski definition) is 6. The summed E-state index contributed by atoms with van der Waals surface area (Å²) >= 11 is 1.56. The third kappa shape index (κ3) is 4.18. The summed E-state index contributed by atoms with van der Waals surface area (Å²) in [5.74, 6) is 0.311. The zero-order valence-electron chi connectivity index (χ0n) is 14.7. The third-order valence-corrected chi connectivity index (χ3v) is 4.41. The molecule has 132 valence electrons. The minimum Gasteiger partial charge on any atom is -0.462 e. The summed E-state index contributed by atoms with van der Waals surface area (Å²) in [4.78, 5) is 20.0. The molecule has 0 radical (unpaired) electrons. The third-order valence-electron chi connectivity index (χ3n) is 3.52. The number of hydrogen-bond donors (Lipinski definition) is 2. The minimum atomic E-state index is -0.324. The number of amidine groups is 1. The van der Waals surface area contributed by atoms with E-state index in [1.807, 2.05) is 20.8 Å². The molecule has 0 unspecified atom stereocenters. The number of aromatic nitrogens is 1. The zero-order valence-corrected chi connectivity index (χ0v) is 15.5. The van der Waals surface area contributed by atoms with Crippen LogP contribution in [-0.4, -0.2) is 54.0 Å². The van der Waals surface area contributed by atoms with Gasteiger partial charge in [-0.1, -0.05) is 11.8 Å². The van der Waals surface area contributed by atoms with E-state index in [2.05, 4.69) is 20.5 Å². The lowest BCUT2D eigenvalue weighted by molar-refractivity contribution is 0.0525. The molecule has 0 saturated carbocycles. The Balaban J connectivity index is 2.25. The number of ether oxygens (including phenoxy) is 2. The molecule has 0 saturated heterocycles. The number of rotatable bonds is 6. The van der Waals surface area contributed by atoms with E-state index in [4.69, 9.17) is 9.47 Å². The molecule has 8 heteroatoms. The molecule has 2 N–H and O–H groups in total. The lowest BCUT2D eigenvalue weighted by Gasteiger charge is -2.17. The van der Waals surface area contributed by atoms with Crippen molar-refractivity contribution < 1.29 is 14.3 Å². The number of hydrazone groups is 1. The highest BCUT2D eigenvalue weighted by molar-refractivity contribution is 8.14. The fourth-order valence-corrected chi connectivity index (χ4v) is 3.44. The average molecular weight is 352 g/mol. The van der Waals surface area contributed by atoms with E-state index in [1.54, 1.807) is 25.8 Å². The quantitative estimate of drug-likeness (QED) is 0.767. The maximum Gasteiger partial charge on any atom is 0.340 e. The Kier molecular flexibility index (Phi) is 6.44. The van der Waals surface area contributed by atoms with Crippen LogP contribution in [-0.2, 0) is 9.47 Å². The summed E-state index contributed by atoms with van der Waals surface area (Å²) in [7, 11) is 1.66. The molecule has 0 aromatic carbocycles. The molecule has 1 aromatic rings. The van der Waals surface area contributed by atoms with E-state index in [1.165, 1.54) is 0 Å². The Bertz CT molecular complexity index is 667. The Labute approximate surface area is 146 Å². The second-order valence-corrected chi connectivity index (χ2v) is 6.51. The van der Waals surface area contributed by atoms with Crippen LogP contribution >= 0.6 is 11.8 Å². The van der Waals surface area contributed by atoms with Gasteiger partial charge in [0.05, 0.1) is 30.5 Å². The lowest BCUT2D eigenvalue weighted by atomic mass is 10.1. The predicted octanol–water partition coefficient (Wildman–Crippen LogP) is 2.24. The number of esters is 1. The number of nitrogens with zero attached hydrogens (tertiary/aromatic N) is 2. The fraction of sp³-hybridized carbons (Fsp3) is 0.562. The van der Waals surface area contributed by atoms with Gasteiger partial charge in [-0.2, -0.15) is 5.10 Å². The molecule has 24 heavy (non-hydrogen) atoms. The first-order chi connectivity index (χ1) is 11.5. The monoisotopic (exact) mass is 352 g/mol. The van der Waals surface area contributed by atoms with Gasteiger partial charge in [0.15, 0.2) is 5.17 Å². The largest absolute Gasteiger partial charge is 0.462 e. The van der Waals surface area contributed by atoms with E-state index in [-0.39, 0.29) is 12.0 Å². The molecule has 0 spiro atoms. The van der Waals surface area contributed by atoms with Crippen LogP contribution in [0.25, 0.3) is 0 Å². The first-order valence-corrected chi connectivity index (χ1v) is 8.85. The van der Waals surface area contributed by atoms with Crippen LogP contribution in [0.3, 0.4) is 0 Å². The summed E-state index contributed by atoms with van der Waals surface area (Å²) in [5, 5.41) is 5.17. The van der Waals surface area contributed by atoms with Crippen molar-refractivity contribution in [1.29, 1.82) is 0 Å². The number of aryl methyl sites for hydroxylation is 2. The molecule has 1 aromatic heterocycles. The van der Waals surface area contributed by atoms with Crippen molar-refractivity contribution in [1.82, 2.24) is 10.4 Å². The van der Waals surface area contributed by atoms with Gasteiger partial charge in [0, 0.05) is 29.8 Å². The number of H-pyrrole nitrogens is 1. The Morgan fingerprint density at radius 1 is 1.42 bits per heavy atom.